The quantitative estimate of drug-likeness (QED) is 0.459. The van der Waals surface area contributed by atoms with Crippen LogP contribution < -0.4 is 0 Å². The van der Waals surface area contributed by atoms with Crippen LogP contribution in [0.5, 0.6) is 0 Å². The van der Waals surface area contributed by atoms with Crippen molar-refractivity contribution < 1.29 is 15.0 Å². The average molecular weight is 153 g/mol. The van der Waals surface area contributed by atoms with Crippen LogP contribution in [0, 0.1) is 0 Å². The van der Waals surface area contributed by atoms with Crippen LogP contribution in [0.15, 0.2) is 18.3 Å². The van der Waals surface area contributed by atoms with Gasteiger partial charge in [0.25, 0.3) is 0 Å². The van der Waals surface area contributed by atoms with Crippen molar-refractivity contribution in [3.63, 3.8) is 0 Å². The highest BCUT2D eigenvalue weighted by atomic mass is 16.5. The van der Waals surface area contributed by atoms with Gasteiger partial charge in [-0.25, -0.2) is 0 Å². The first-order valence-corrected chi connectivity index (χ1v) is 3.01. The molecular weight excluding hydrogens is 146 g/mol. The maximum Gasteiger partial charge on any atom is 0.196 e. The topological polar surface area (TPSA) is 70.4 Å². The van der Waals surface area contributed by atoms with Crippen LogP contribution in [0.25, 0.3) is 0 Å². The van der Waals surface area contributed by atoms with Gasteiger partial charge in [0.1, 0.15) is 6.29 Å². The molecule has 1 aromatic heterocycles. The highest BCUT2D eigenvalue weighted by molar-refractivity contribution is 5.74. The first-order valence-electron chi connectivity index (χ1n) is 3.01. The Morgan fingerprint density at radius 3 is 2.82 bits per heavy atom. The van der Waals surface area contributed by atoms with E-state index in [9.17, 15) is 4.79 Å². The van der Waals surface area contributed by atoms with Crippen molar-refractivity contribution >= 4 is 6.29 Å². The normalized spacial score (nSPS) is 10.1. The number of aldehydes is 1. The molecule has 4 nitrogen and oxygen atoms in total. The van der Waals surface area contributed by atoms with Gasteiger partial charge in [0.2, 0.25) is 0 Å². The van der Waals surface area contributed by atoms with Crippen molar-refractivity contribution in [3.05, 3.63) is 29.6 Å². The van der Waals surface area contributed by atoms with E-state index in [0.717, 1.165) is 0 Å². The van der Waals surface area contributed by atoms with E-state index >= 15 is 0 Å². The van der Waals surface area contributed by atoms with E-state index in [2.05, 4.69) is 4.98 Å². The first kappa shape index (κ1) is 7.84. The lowest BCUT2D eigenvalue weighted by Gasteiger charge is -2.01. The number of carbonyl (C=O) groups excluding carboxylic acids is 1. The largest absolute Gasteiger partial charge is 0.363 e. The molecule has 0 amide bonds. The Hall–Kier alpha value is -1.26. The molecule has 4 heteroatoms. The van der Waals surface area contributed by atoms with Gasteiger partial charge < -0.3 is 10.2 Å². The predicted molar refractivity (Wildman–Crippen MR) is 36.8 cm³/mol. The summed E-state index contributed by atoms with van der Waals surface area (Å²) in [5.74, 6) is 0. The van der Waals surface area contributed by atoms with Crippen LogP contribution in [-0.4, -0.2) is 21.5 Å². The van der Waals surface area contributed by atoms with Crippen molar-refractivity contribution in [2.75, 3.05) is 0 Å². The monoisotopic (exact) mass is 153 g/mol. The standard InChI is InChI=1S/C7H7NO3/c9-4-5-1-2-8-6(3-5)7(10)11/h1-4,7,10-11H. The van der Waals surface area contributed by atoms with Gasteiger partial charge in [-0.05, 0) is 12.1 Å². The highest BCUT2D eigenvalue weighted by Gasteiger charge is 2.03. The summed E-state index contributed by atoms with van der Waals surface area (Å²) in [6.07, 6.45) is 0.349. The molecule has 2 N–H and O–H groups in total. The molecular formula is C7H7NO3. The number of carbonyl (C=O) groups is 1. The van der Waals surface area contributed by atoms with Crippen LogP contribution in [0.3, 0.4) is 0 Å². The molecule has 0 atom stereocenters. The zero-order valence-electron chi connectivity index (χ0n) is 5.64. The molecule has 1 aromatic rings. The SMILES string of the molecule is O=Cc1ccnc(C(O)O)c1. The summed E-state index contributed by atoms with van der Waals surface area (Å²) >= 11 is 0. The summed E-state index contributed by atoms with van der Waals surface area (Å²) in [4.78, 5) is 13.8. The minimum absolute atomic E-state index is 0.0783. The average Bonchev–Trinajstić information content (AvgIpc) is 2.05. The summed E-state index contributed by atoms with van der Waals surface area (Å²) < 4.78 is 0. The van der Waals surface area contributed by atoms with Gasteiger partial charge in [0.05, 0.1) is 5.69 Å². The molecule has 0 bridgehead atoms. The molecule has 0 aliphatic heterocycles. The highest BCUT2D eigenvalue weighted by Crippen LogP contribution is 2.06. The third-order valence-corrected chi connectivity index (χ3v) is 1.21. The molecule has 1 heterocycles. The summed E-state index contributed by atoms with van der Waals surface area (Å²) in [5, 5.41) is 17.2. The summed E-state index contributed by atoms with van der Waals surface area (Å²) in [6, 6.07) is 2.80. The number of hydrogen-bond donors (Lipinski definition) is 2. The molecule has 0 unspecified atom stereocenters. The number of rotatable bonds is 2. The Balaban J connectivity index is 3.00. The van der Waals surface area contributed by atoms with Crippen LogP contribution in [0.1, 0.15) is 22.3 Å². The lowest BCUT2D eigenvalue weighted by Crippen LogP contribution is -1.98. The molecule has 0 saturated carbocycles. The maximum absolute atomic E-state index is 10.2. The third kappa shape index (κ3) is 1.83. The Kier molecular flexibility index (Phi) is 2.30. The predicted octanol–water partition coefficient (Wildman–Crippen LogP) is -0.123. The van der Waals surface area contributed by atoms with Crippen molar-refractivity contribution in [1.82, 2.24) is 4.98 Å². The lowest BCUT2D eigenvalue weighted by molar-refractivity contribution is -0.0458. The molecule has 0 spiro atoms. The Labute approximate surface area is 63.1 Å². The number of aliphatic hydroxyl groups excluding tert-OH is 1. The smallest absolute Gasteiger partial charge is 0.196 e. The zero-order chi connectivity index (χ0) is 8.27. The fraction of sp³-hybridized carbons (Fsp3) is 0.143. The van der Waals surface area contributed by atoms with E-state index in [-0.39, 0.29) is 5.69 Å². The number of hydrogen-bond acceptors (Lipinski definition) is 4. The summed E-state index contributed by atoms with van der Waals surface area (Å²) in [6.45, 7) is 0. The number of pyridine rings is 1. The minimum Gasteiger partial charge on any atom is -0.363 e. The second-order valence-electron chi connectivity index (χ2n) is 2.01. The number of aromatic nitrogens is 1. The molecule has 0 saturated heterocycles. The number of aliphatic hydroxyl groups is 2. The number of nitrogens with zero attached hydrogens (tertiary/aromatic N) is 1. The van der Waals surface area contributed by atoms with Gasteiger partial charge in [-0.1, -0.05) is 0 Å². The fourth-order valence-electron chi connectivity index (χ4n) is 0.680. The molecule has 0 aromatic carbocycles. The van der Waals surface area contributed by atoms with E-state index in [1.807, 2.05) is 0 Å². The van der Waals surface area contributed by atoms with Gasteiger partial charge in [0, 0.05) is 11.8 Å². The van der Waals surface area contributed by atoms with Gasteiger partial charge in [0.15, 0.2) is 6.29 Å². The molecule has 0 radical (unpaired) electrons. The van der Waals surface area contributed by atoms with Crippen molar-refractivity contribution in [1.29, 1.82) is 0 Å². The van der Waals surface area contributed by atoms with Crippen molar-refractivity contribution in [2.24, 2.45) is 0 Å². The van der Waals surface area contributed by atoms with E-state index in [0.29, 0.717) is 11.8 Å². The molecule has 0 aliphatic carbocycles. The second-order valence-corrected chi connectivity index (χ2v) is 2.01. The molecule has 0 fully saturated rings. The van der Waals surface area contributed by atoms with Gasteiger partial charge >= 0.3 is 0 Å². The van der Waals surface area contributed by atoms with Gasteiger partial charge in [-0.2, -0.15) is 0 Å². The third-order valence-electron chi connectivity index (χ3n) is 1.21. The van der Waals surface area contributed by atoms with E-state index < -0.39 is 6.29 Å². The zero-order valence-corrected chi connectivity index (χ0v) is 5.64. The molecule has 0 aliphatic rings. The van der Waals surface area contributed by atoms with Crippen LogP contribution in [0.4, 0.5) is 0 Å². The van der Waals surface area contributed by atoms with E-state index in [1.165, 1.54) is 18.3 Å². The van der Waals surface area contributed by atoms with Crippen molar-refractivity contribution in [2.45, 2.75) is 6.29 Å². The summed E-state index contributed by atoms with van der Waals surface area (Å²) in [5.41, 5.74) is 0.456. The molecule has 11 heavy (non-hydrogen) atoms. The fourth-order valence-corrected chi connectivity index (χ4v) is 0.680. The first-order chi connectivity index (χ1) is 5.24. The van der Waals surface area contributed by atoms with Crippen LogP contribution in [-0.2, 0) is 0 Å². The Bertz CT molecular complexity index is 260. The van der Waals surface area contributed by atoms with Crippen LogP contribution >= 0.6 is 0 Å². The van der Waals surface area contributed by atoms with Crippen molar-refractivity contribution in [3.8, 4) is 0 Å². The van der Waals surface area contributed by atoms with E-state index in [4.69, 9.17) is 10.2 Å². The Morgan fingerprint density at radius 2 is 2.27 bits per heavy atom. The lowest BCUT2D eigenvalue weighted by atomic mass is 10.2. The molecule has 1 rings (SSSR count). The minimum atomic E-state index is -1.62. The Morgan fingerprint density at radius 1 is 1.55 bits per heavy atom. The second kappa shape index (κ2) is 3.23. The van der Waals surface area contributed by atoms with Crippen LogP contribution in [0.2, 0.25) is 0 Å². The maximum atomic E-state index is 10.2. The molecule has 58 valence electrons. The summed E-state index contributed by atoms with van der Waals surface area (Å²) in [7, 11) is 0. The van der Waals surface area contributed by atoms with Gasteiger partial charge in [-0.15, -0.1) is 0 Å². The van der Waals surface area contributed by atoms with Gasteiger partial charge in [-0.3, -0.25) is 9.78 Å². The van der Waals surface area contributed by atoms with E-state index in [1.54, 1.807) is 0 Å².